The summed E-state index contributed by atoms with van der Waals surface area (Å²) in [6, 6.07) is 25.0. The molecular formula is C26H27N3O. The maximum atomic E-state index is 11.6. The largest absolute Gasteiger partial charge is 0.383 e. The number of aromatic nitrogens is 2. The highest BCUT2D eigenvalue weighted by Crippen LogP contribution is 2.47. The summed E-state index contributed by atoms with van der Waals surface area (Å²) in [5, 5.41) is 26.4. The van der Waals surface area contributed by atoms with Crippen molar-refractivity contribution in [1.29, 1.82) is 5.26 Å². The van der Waals surface area contributed by atoms with Gasteiger partial charge in [0.15, 0.2) is 0 Å². The molecule has 0 aliphatic heterocycles. The van der Waals surface area contributed by atoms with Gasteiger partial charge in [0.1, 0.15) is 5.60 Å². The highest BCUT2D eigenvalue weighted by molar-refractivity contribution is 5.60. The van der Waals surface area contributed by atoms with Gasteiger partial charge in [0.05, 0.1) is 22.9 Å². The van der Waals surface area contributed by atoms with E-state index in [1.165, 1.54) is 12.8 Å². The van der Waals surface area contributed by atoms with Gasteiger partial charge in [-0.2, -0.15) is 10.4 Å². The molecule has 0 unspecified atom stereocenters. The molecular weight excluding hydrogens is 370 g/mol. The third-order valence-electron chi connectivity index (χ3n) is 6.93. The van der Waals surface area contributed by atoms with Crippen molar-refractivity contribution in [1.82, 2.24) is 9.78 Å². The van der Waals surface area contributed by atoms with Gasteiger partial charge in [0, 0.05) is 6.54 Å². The molecule has 0 radical (unpaired) electrons. The molecule has 2 aromatic carbocycles. The van der Waals surface area contributed by atoms with Crippen LogP contribution in [0.1, 0.15) is 49.8 Å². The van der Waals surface area contributed by atoms with Crippen LogP contribution in [0.5, 0.6) is 0 Å². The summed E-state index contributed by atoms with van der Waals surface area (Å²) >= 11 is 0. The summed E-state index contributed by atoms with van der Waals surface area (Å²) in [6.45, 7) is 0.909. The van der Waals surface area contributed by atoms with E-state index in [0.717, 1.165) is 29.1 Å². The van der Waals surface area contributed by atoms with Crippen molar-refractivity contribution in [2.24, 2.45) is 5.92 Å². The number of benzene rings is 2. The third-order valence-corrected chi connectivity index (χ3v) is 6.93. The van der Waals surface area contributed by atoms with Gasteiger partial charge in [0.2, 0.25) is 0 Å². The number of nitrogens with zero attached hydrogens (tertiary/aromatic N) is 3. The van der Waals surface area contributed by atoms with Crippen LogP contribution in [-0.4, -0.2) is 14.9 Å². The molecule has 30 heavy (non-hydrogen) atoms. The van der Waals surface area contributed by atoms with Gasteiger partial charge >= 0.3 is 0 Å². The first-order valence-corrected chi connectivity index (χ1v) is 10.9. The molecule has 0 bridgehead atoms. The van der Waals surface area contributed by atoms with E-state index in [4.69, 9.17) is 5.10 Å². The van der Waals surface area contributed by atoms with Gasteiger partial charge in [-0.15, -0.1) is 0 Å². The lowest BCUT2D eigenvalue weighted by atomic mass is 9.65. The first-order valence-electron chi connectivity index (χ1n) is 10.9. The molecule has 0 atom stereocenters. The zero-order valence-electron chi connectivity index (χ0n) is 17.2. The summed E-state index contributed by atoms with van der Waals surface area (Å²) in [6.07, 6.45) is 4.89. The summed E-state index contributed by atoms with van der Waals surface area (Å²) in [5.41, 5.74) is 2.51. The minimum absolute atomic E-state index is 0.521. The van der Waals surface area contributed by atoms with Crippen molar-refractivity contribution >= 4 is 0 Å². The van der Waals surface area contributed by atoms with Crippen LogP contribution >= 0.6 is 0 Å². The summed E-state index contributed by atoms with van der Waals surface area (Å²) in [7, 11) is 0. The van der Waals surface area contributed by atoms with Gasteiger partial charge in [-0.05, 0) is 61.6 Å². The van der Waals surface area contributed by atoms with Crippen molar-refractivity contribution in [3.8, 4) is 17.3 Å². The predicted molar refractivity (Wildman–Crippen MR) is 116 cm³/mol. The zero-order chi connectivity index (χ0) is 20.6. The van der Waals surface area contributed by atoms with Crippen LogP contribution in [0, 0.1) is 17.2 Å². The van der Waals surface area contributed by atoms with E-state index < -0.39 is 11.0 Å². The Hall–Kier alpha value is -2.90. The Morgan fingerprint density at radius 2 is 1.60 bits per heavy atom. The van der Waals surface area contributed by atoms with Crippen molar-refractivity contribution < 1.29 is 5.11 Å². The predicted octanol–water partition coefficient (Wildman–Crippen LogP) is 5.18. The van der Waals surface area contributed by atoms with Gasteiger partial charge in [-0.3, -0.25) is 4.68 Å². The lowest BCUT2D eigenvalue weighted by Crippen LogP contribution is -2.39. The molecule has 1 heterocycles. The SMILES string of the molecule is N#CC1(c2ccccc2)CCC(O)(c2cc(-c3ccccc3)n(CC3CC3)n2)CC1. The maximum absolute atomic E-state index is 11.6. The lowest BCUT2D eigenvalue weighted by molar-refractivity contribution is -0.0180. The van der Waals surface area contributed by atoms with E-state index in [0.29, 0.717) is 31.6 Å². The summed E-state index contributed by atoms with van der Waals surface area (Å²) in [4.78, 5) is 0. The minimum atomic E-state index is -0.979. The van der Waals surface area contributed by atoms with E-state index in [1.807, 2.05) is 48.5 Å². The van der Waals surface area contributed by atoms with Crippen molar-refractivity contribution in [3.63, 3.8) is 0 Å². The average molecular weight is 398 g/mol. The first kappa shape index (κ1) is 19.1. The van der Waals surface area contributed by atoms with E-state index >= 15 is 0 Å². The number of nitriles is 1. The summed E-state index contributed by atoms with van der Waals surface area (Å²) < 4.78 is 2.09. The second-order valence-corrected chi connectivity index (χ2v) is 9.00. The molecule has 4 nitrogen and oxygen atoms in total. The Kier molecular flexibility index (Phi) is 4.72. The van der Waals surface area contributed by atoms with Crippen LogP contribution in [0.2, 0.25) is 0 Å². The molecule has 2 saturated carbocycles. The quantitative estimate of drug-likeness (QED) is 0.645. The molecule has 3 aromatic rings. The Morgan fingerprint density at radius 1 is 0.967 bits per heavy atom. The molecule has 4 heteroatoms. The number of rotatable bonds is 5. The number of hydrogen-bond acceptors (Lipinski definition) is 3. The zero-order valence-corrected chi connectivity index (χ0v) is 17.2. The molecule has 2 aliphatic carbocycles. The molecule has 2 fully saturated rings. The molecule has 2 aliphatic rings. The Balaban J connectivity index is 1.44. The van der Waals surface area contributed by atoms with Gasteiger partial charge in [0.25, 0.3) is 0 Å². The first-order chi connectivity index (χ1) is 14.6. The normalized spacial score (nSPS) is 26.3. The van der Waals surface area contributed by atoms with Crippen LogP contribution in [0.15, 0.2) is 66.7 Å². The Bertz CT molecular complexity index is 1050. The van der Waals surface area contributed by atoms with Crippen LogP contribution in [0.4, 0.5) is 0 Å². The van der Waals surface area contributed by atoms with Crippen molar-refractivity contribution in [2.75, 3.05) is 0 Å². The van der Waals surface area contributed by atoms with E-state index in [9.17, 15) is 10.4 Å². The van der Waals surface area contributed by atoms with Crippen molar-refractivity contribution in [3.05, 3.63) is 78.0 Å². The fourth-order valence-electron chi connectivity index (χ4n) is 4.74. The molecule has 152 valence electrons. The van der Waals surface area contributed by atoms with E-state index in [2.05, 4.69) is 29.0 Å². The Morgan fingerprint density at radius 3 is 2.20 bits per heavy atom. The van der Waals surface area contributed by atoms with Gasteiger partial charge in [-0.25, -0.2) is 0 Å². The van der Waals surface area contributed by atoms with E-state index in [1.54, 1.807) is 0 Å². The third kappa shape index (κ3) is 3.44. The lowest BCUT2D eigenvalue weighted by Gasteiger charge is -2.39. The smallest absolute Gasteiger partial charge is 0.108 e. The second kappa shape index (κ2) is 7.41. The number of aliphatic hydroxyl groups is 1. The molecule has 1 aromatic heterocycles. The van der Waals surface area contributed by atoms with E-state index in [-0.39, 0.29) is 0 Å². The molecule has 0 spiro atoms. The van der Waals surface area contributed by atoms with Crippen LogP contribution in [0.3, 0.4) is 0 Å². The standard InChI is InChI=1S/C26H27N3O/c27-19-25(22-9-5-2-6-10-22)13-15-26(30,16-14-25)24-17-23(21-7-3-1-4-8-21)29(28-24)18-20-11-12-20/h1-10,17,20,30H,11-16,18H2. The second-order valence-electron chi connectivity index (χ2n) is 9.00. The van der Waals surface area contributed by atoms with Crippen LogP contribution < -0.4 is 0 Å². The highest BCUT2D eigenvalue weighted by Gasteiger charge is 2.45. The fraction of sp³-hybridized carbons (Fsp3) is 0.385. The monoisotopic (exact) mass is 397 g/mol. The minimum Gasteiger partial charge on any atom is -0.383 e. The van der Waals surface area contributed by atoms with Crippen molar-refractivity contribution in [2.45, 2.75) is 56.1 Å². The Labute approximate surface area is 177 Å². The molecule has 1 N–H and O–H groups in total. The average Bonchev–Trinajstić information content (AvgIpc) is 3.52. The molecule has 5 rings (SSSR count). The van der Waals surface area contributed by atoms with Gasteiger partial charge < -0.3 is 5.11 Å². The highest BCUT2D eigenvalue weighted by atomic mass is 16.3. The van der Waals surface area contributed by atoms with Crippen LogP contribution in [-0.2, 0) is 17.6 Å². The maximum Gasteiger partial charge on any atom is 0.108 e. The van der Waals surface area contributed by atoms with Crippen LogP contribution in [0.25, 0.3) is 11.3 Å². The topological polar surface area (TPSA) is 61.8 Å². The summed E-state index contributed by atoms with van der Waals surface area (Å²) in [5.74, 6) is 0.700. The molecule has 0 saturated heterocycles. The fourth-order valence-corrected chi connectivity index (χ4v) is 4.74. The number of hydrogen-bond donors (Lipinski definition) is 1. The molecule has 0 amide bonds. The van der Waals surface area contributed by atoms with Gasteiger partial charge in [-0.1, -0.05) is 60.7 Å².